The molecule has 13 nitrogen and oxygen atoms in total. The average molecular weight is 580 g/mol. The Hall–Kier alpha value is -3.93. The van der Waals surface area contributed by atoms with E-state index in [1.807, 2.05) is 0 Å². The second-order valence-corrected chi connectivity index (χ2v) is 9.90. The van der Waals surface area contributed by atoms with Crippen LogP contribution in [0.3, 0.4) is 0 Å². The van der Waals surface area contributed by atoms with Crippen molar-refractivity contribution in [1.82, 2.24) is 0 Å². The fourth-order valence-corrected chi connectivity index (χ4v) is 4.99. The smallest absolute Gasteiger partial charge is 0.463 e. The van der Waals surface area contributed by atoms with Gasteiger partial charge in [-0.05, 0) is 24.3 Å². The molecule has 0 radical (unpaired) electrons. The van der Waals surface area contributed by atoms with Crippen LogP contribution in [0.15, 0.2) is 60.7 Å². The lowest BCUT2D eigenvalue weighted by Gasteiger charge is -2.44. The van der Waals surface area contributed by atoms with Gasteiger partial charge in [-0.2, -0.15) is 0 Å². The van der Waals surface area contributed by atoms with Gasteiger partial charge in [0.25, 0.3) is 0 Å². The van der Waals surface area contributed by atoms with E-state index in [1.54, 1.807) is 36.4 Å². The zero-order chi connectivity index (χ0) is 29.3. The summed E-state index contributed by atoms with van der Waals surface area (Å²) in [5.74, 6) is -2.98. The zero-order valence-corrected chi connectivity index (χ0v) is 23.0. The third-order valence-corrected chi connectivity index (χ3v) is 6.44. The van der Waals surface area contributed by atoms with E-state index in [0.29, 0.717) is 0 Å². The molecule has 14 heteroatoms. The molecule has 0 amide bonds. The number of carbonyl (C=O) groups excluding carboxylic acids is 4. The van der Waals surface area contributed by atoms with Crippen LogP contribution in [0.4, 0.5) is 0 Å². The van der Waals surface area contributed by atoms with Crippen molar-refractivity contribution in [3.05, 3.63) is 60.7 Å². The monoisotopic (exact) mass is 580 g/mol. The molecule has 3 rings (SSSR count). The Labute approximate surface area is 230 Å². The van der Waals surface area contributed by atoms with Gasteiger partial charge in [0.2, 0.25) is 6.29 Å². The topological polar surface area (TPSA) is 159 Å². The van der Waals surface area contributed by atoms with Crippen molar-refractivity contribution in [1.29, 1.82) is 0 Å². The molecule has 1 aliphatic heterocycles. The Kier molecular flexibility index (Phi) is 10.7. The fraction of sp³-hybridized carbons (Fsp3) is 0.385. The van der Waals surface area contributed by atoms with Crippen molar-refractivity contribution < 1.29 is 61.0 Å². The normalized spacial score (nSPS) is 22.4. The summed E-state index contributed by atoms with van der Waals surface area (Å²) < 4.78 is 58.0. The summed E-state index contributed by atoms with van der Waals surface area (Å²) in [4.78, 5) is 47.6. The standard InChI is InChI=1S/C26H29O13P/c1-16(27)32-15-22-23(33-17(2)28)24(34-18(3)29)25(35-19(4)30)26(36-22)39-40(31,37-20-11-7-5-8-12-20)38-21-13-9-6-10-14-21/h5-14,22-26H,15H2,1-4H3/t22?,23-,24?,25?,26+/m1/s1. The Bertz CT molecular complexity index is 1170. The van der Waals surface area contributed by atoms with Crippen LogP contribution in [0.1, 0.15) is 27.7 Å². The lowest BCUT2D eigenvalue weighted by molar-refractivity contribution is -0.290. The van der Waals surface area contributed by atoms with Crippen LogP contribution in [-0.2, 0) is 52.0 Å². The molecule has 1 fully saturated rings. The van der Waals surface area contributed by atoms with Gasteiger partial charge in [-0.1, -0.05) is 36.4 Å². The number of hydrogen-bond donors (Lipinski definition) is 0. The highest BCUT2D eigenvalue weighted by molar-refractivity contribution is 7.49. The molecule has 40 heavy (non-hydrogen) atoms. The van der Waals surface area contributed by atoms with Gasteiger partial charge in [-0.3, -0.25) is 19.2 Å². The van der Waals surface area contributed by atoms with E-state index in [4.69, 9.17) is 37.3 Å². The predicted molar refractivity (Wildman–Crippen MR) is 135 cm³/mol. The van der Waals surface area contributed by atoms with Crippen molar-refractivity contribution in [3.8, 4) is 11.5 Å². The number of ether oxygens (including phenoxy) is 5. The van der Waals surface area contributed by atoms with E-state index in [0.717, 1.165) is 27.7 Å². The van der Waals surface area contributed by atoms with Crippen molar-refractivity contribution in [3.63, 3.8) is 0 Å². The van der Waals surface area contributed by atoms with E-state index < -0.39 is 69.0 Å². The van der Waals surface area contributed by atoms with Gasteiger partial charge >= 0.3 is 31.7 Å². The van der Waals surface area contributed by atoms with Gasteiger partial charge in [-0.25, -0.2) is 9.09 Å². The van der Waals surface area contributed by atoms with Crippen LogP contribution in [0.2, 0.25) is 0 Å². The molecule has 0 spiro atoms. The number of benzene rings is 2. The van der Waals surface area contributed by atoms with E-state index in [1.165, 1.54) is 24.3 Å². The Morgan fingerprint density at radius 2 is 1.12 bits per heavy atom. The predicted octanol–water partition coefficient (Wildman–Crippen LogP) is 3.35. The van der Waals surface area contributed by atoms with E-state index in [2.05, 4.69) is 0 Å². The fourth-order valence-electron chi connectivity index (χ4n) is 3.68. The number of hydrogen-bond acceptors (Lipinski definition) is 13. The number of carbonyl (C=O) groups is 4. The molecule has 0 aliphatic carbocycles. The lowest BCUT2D eigenvalue weighted by atomic mass is 9.98. The summed E-state index contributed by atoms with van der Waals surface area (Å²) in [6.45, 7) is 3.87. The van der Waals surface area contributed by atoms with Crippen LogP contribution in [0.5, 0.6) is 11.5 Å². The first-order chi connectivity index (χ1) is 19.0. The Balaban J connectivity index is 2.05. The molecule has 2 aromatic carbocycles. The molecule has 5 atom stereocenters. The molecule has 216 valence electrons. The third-order valence-electron chi connectivity index (χ3n) is 5.10. The SMILES string of the molecule is CC(=O)OCC1O[C@@H](OP(=O)(Oc2ccccc2)Oc2ccccc2)C(OC(C)=O)C(OC(C)=O)[C@@H]1OC(C)=O. The second kappa shape index (κ2) is 13.9. The van der Waals surface area contributed by atoms with Crippen LogP contribution in [0.25, 0.3) is 0 Å². The largest absolute Gasteiger partial charge is 0.590 e. The van der Waals surface area contributed by atoms with Gasteiger partial charge in [0, 0.05) is 27.7 Å². The Morgan fingerprint density at radius 1 is 0.675 bits per heavy atom. The molecule has 0 bridgehead atoms. The van der Waals surface area contributed by atoms with Gasteiger partial charge in [0.1, 0.15) is 24.2 Å². The number of para-hydroxylation sites is 2. The van der Waals surface area contributed by atoms with E-state index >= 15 is 0 Å². The molecular formula is C26H29O13P. The van der Waals surface area contributed by atoms with Crippen LogP contribution < -0.4 is 9.05 Å². The lowest BCUT2D eigenvalue weighted by Crippen LogP contribution is -2.62. The molecule has 1 aliphatic rings. The van der Waals surface area contributed by atoms with Crippen molar-refractivity contribution in [2.75, 3.05) is 6.61 Å². The average Bonchev–Trinajstić information content (AvgIpc) is 2.86. The summed E-state index contributed by atoms with van der Waals surface area (Å²) in [7, 11) is -4.66. The minimum Gasteiger partial charge on any atom is -0.463 e. The second-order valence-electron chi connectivity index (χ2n) is 8.43. The van der Waals surface area contributed by atoms with E-state index in [9.17, 15) is 23.7 Å². The third kappa shape index (κ3) is 9.08. The van der Waals surface area contributed by atoms with Gasteiger partial charge in [-0.15, -0.1) is 0 Å². The summed E-state index contributed by atoms with van der Waals surface area (Å²) in [6, 6.07) is 15.9. The first kappa shape index (κ1) is 30.6. The number of esters is 4. The quantitative estimate of drug-likeness (QED) is 0.217. The first-order valence-electron chi connectivity index (χ1n) is 12.0. The minimum absolute atomic E-state index is 0.104. The Morgan fingerprint density at radius 3 is 1.57 bits per heavy atom. The van der Waals surface area contributed by atoms with Crippen molar-refractivity contribution in [2.24, 2.45) is 0 Å². The first-order valence-corrected chi connectivity index (χ1v) is 13.5. The molecular weight excluding hydrogens is 551 g/mol. The maximum absolute atomic E-state index is 14.0. The molecule has 0 aromatic heterocycles. The number of rotatable bonds is 11. The molecule has 0 N–H and O–H groups in total. The van der Waals surface area contributed by atoms with Gasteiger partial charge in [0.15, 0.2) is 18.3 Å². The highest BCUT2D eigenvalue weighted by Crippen LogP contribution is 2.52. The maximum atomic E-state index is 14.0. The highest BCUT2D eigenvalue weighted by atomic mass is 31.2. The molecule has 2 aromatic rings. The van der Waals surface area contributed by atoms with Crippen LogP contribution >= 0.6 is 7.82 Å². The van der Waals surface area contributed by atoms with Gasteiger partial charge in [0.05, 0.1) is 0 Å². The van der Waals surface area contributed by atoms with Crippen molar-refractivity contribution >= 4 is 31.7 Å². The van der Waals surface area contributed by atoms with Gasteiger partial charge < -0.3 is 32.7 Å². The zero-order valence-electron chi connectivity index (χ0n) is 22.1. The summed E-state index contributed by atoms with van der Waals surface area (Å²) in [6.07, 6.45) is -7.71. The minimum atomic E-state index is -4.66. The molecule has 1 heterocycles. The molecule has 1 saturated heterocycles. The summed E-state index contributed by atoms with van der Waals surface area (Å²) in [5, 5.41) is 0. The highest BCUT2D eigenvalue weighted by Gasteiger charge is 2.55. The maximum Gasteiger partial charge on any atom is 0.590 e. The number of phosphoric acid groups is 1. The van der Waals surface area contributed by atoms with E-state index in [-0.39, 0.29) is 11.5 Å². The van der Waals surface area contributed by atoms with Crippen LogP contribution in [-0.4, -0.2) is 61.2 Å². The molecule has 0 saturated carbocycles. The molecule has 3 unspecified atom stereocenters. The van der Waals surface area contributed by atoms with Crippen molar-refractivity contribution in [2.45, 2.75) is 58.4 Å². The van der Waals surface area contributed by atoms with Crippen LogP contribution in [0, 0.1) is 0 Å². The number of phosphoric ester groups is 1. The summed E-state index contributed by atoms with van der Waals surface area (Å²) in [5.41, 5.74) is 0. The summed E-state index contributed by atoms with van der Waals surface area (Å²) >= 11 is 0.